The minimum absolute atomic E-state index is 0.0809. The second kappa shape index (κ2) is 10.7. The van der Waals surface area contributed by atoms with Gasteiger partial charge in [-0.15, -0.1) is 10.2 Å². The monoisotopic (exact) mass is 464 g/mol. The van der Waals surface area contributed by atoms with Gasteiger partial charge in [0.1, 0.15) is 0 Å². The summed E-state index contributed by atoms with van der Waals surface area (Å²) >= 11 is 1.32. The van der Waals surface area contributed by atoms with E-state index in [4.69, 9.17) is 13.9 Å². The molecule has 8 nitrogen and oxygen atoms in total. The van der Waals surface area contributed by atoms with Crippen LogP contribution in [0.4, 0.5) is 0 Å². The Kier molecular flexibility index (Phi) is 7.31. The number of ether oxygens (including phenoxy) is 2. The van der Waals surface area contributed by atoms with Crippen molar-refractivity contribution in [3.05, 3.63) is 72.5 Å². The number of aromatic nitrogens is 3. The Bertz CT molecular complexity index is 1190. The number of carbonyl (C=O) groups excluding carboxylic acids is 1. The number of para-hydroxylation sites is 1. The highest BCUT2D eigenvalue weighted by Gasteiger charge is 2.18. The topological polar surface area (TPSA) is 91.4 Å². The van der Waals surface area contributed by atoms with Crippen molar-refractivity contribution < 1.29 is 18.7 Å². The van der Waals surface area contributed by atoms with Crippen LogP contribution in [0.15, 0.2) is 76.5 Å². The van der Waals surface area contributed by atoms with E-state index in [0.717, 1.165) is 11.3 Å². The van der Waals surface area contributed by atoms with Gasteiger partial charge in [0, 0.05) is 12.2 Å². The zero-order valence-electron chi connectivity index (χ0n) is 18.4. The Morgan fingerprint density at radius 1 is 1.03 bits per heavy atom. The highest BCUT2D eigenvalue weighted by atomic mass is 32.2. The Hall–Kier alpha value is -3.72. The fourth-order valence-corrected chi connectivity index (χ4v) is 4.08. The van der Waals surface area contributed by atoms with Crippen LogP contribution < -0.4 is 14.8 Å². The number of nitrogens with one attached hydrogen (secondary N) is 1. The quantitative estimate of drug-likeness (QED) is 0.355. The van der Waals surface area contributed by atoms with Crippen LogP contribution in [0, 0.1) is 0 Å². The van der Waals surface area contributed by atoms with Gasteiger partial charge < -0.3 is 19.2 Å². The lowest BCUT2D eigenvalue weighted by atomic mass is 10.1. The van der Waals surface area contributed by atoms with Crippen molar-refractivity contribution in [2.45, 2.75) is 11.6 Å². The van der Waals surface area contributed by atoms with Crippen molar-refractivity contribution in [3.63, 3.8) is 0 Å². The summed E-state index contributed by atoms with van der Waals surface area (Å²) in [6.07, 6.45) is 2.28. The van der Waals surface area contributed by atoms with Gasteiger partial charge in [0.05, 0.1) is 26.2 Å². The van der Waals surface area contributed by atoms with Crippen LogP contribution in [0.25, 0.3) is 17.3 Å². The fraction of sp³-hybridized carbons (Fsp3) is 0.208. The first-order valence-corrected chi connectivity index (χ1v) is 11.3. The van der Waals surface area contributed by atoms with Crippen LogP contribution in [0.2, 0.25) is 0 Å². The number of furan rings is 1. The Balaban J connectivity index is 1.38. The first-order valence-electron chi connectivity index (χ1n) is 10.3. The Morgan fingerprint density at radius 3 is 2.58 bits per heavy atom. The van der Waals surface area contributed by atoms with Crippen molar-refractivity contribution in [3.8, 4) is 28.8 Å². The van der Waals surface area contributed by atoms with Gasteiger partial charge in [-0.1, -0.05) is 36.0 Å². The van der Waals surface area contributed by atoms with Gasteiger partial charge in [-0.05, 0) is 48.4 Å². The number of hydrogen-bond donors (Lipinski definition) is 1. The molecule has 9 heteroatoms. The third kappa shape index (κ3) is 5.38. The highest BCUT2D eigenvalue weighted by Crippen LogP contribution is 2.29. The predicted octanol–water partition coefficient (Wildman–Crippen LogP) is 4.00. The van der Waals surface area contributed by atoms with Crippen LogP contribution in [0.5, 0.6) is 11.5 Å². The molecule has 0 saturated carbocycles. The molecule has 0 spiro atoms. The maximum absolute atomic E-state index is 12.5. The van der Waals surface area contributed by atoms with Crippen LogP contribution in [0.3, 0.4) is 0 Å². The molecule has 0 aliphatic heterocycles. The molecule has 1 amide bonds. The van der Waals surface area contributed by atoms with E-state index in [1.54, 1.807) is 26.5 Å². The minimum Gasteiger partial charge on any atom is -0.493 e. The van der Waals surface area contributed by atoms with Gasteiger partial charge in [0.15, 0.2) is 22.4 Å². The van der Waals surface area contributed by atoms with Crippen LogP contribution >= 0.6 is 11.8 Å². The van der Waals surface area contributed by atoms with E-state index in [0.29, 0.717) is 41.2 Å². The summed E-state index contributed by atoms with van der Waals surface area (Å²) in [5.41, 5.74) is 1.94. The number of nitrogens with zero attached hydrogens (tertiary/aromatic N) is 3. The third-order valence-electron chi connectivity index (χ3n) is 4.91. The molecule has 4 rings (SSSR count). The molecule has 0 saturated heterocycles. The number of benzene rings is 2. The zero-order valence-corrected chi connectivity index (χ0v) is 19.2. The normalized spacial score (nSPS) is 10.7. The van der Waals surface area contributed by atoms with Gasteiger partial charge in [0.25, 0.3) is 0 Å². The molecular weight excluding hydrogens is 440 g/mol. The summed E-state index contributed by atoms with van der Waals surface area (Å²) in [4.78, 5) is 12.5. The second-order valence-corrected chi connectivity index (χ2v) is 7.97. The Labute approximate surface area is 195 Å². The van der Waals surface area contributed by atoms with Gasteiger partial charge >= 0.3 is 0 Å². The summed E-state index contributed by atoms with van der Waals surface area (Å²) in [6.45, 7) is 0.512. The molecule has 1 N–H and O–H groups in total. The molecule has 0 atom stereocenters. The summed E-state index contributed by atoms with van der Waals surface area (Å²) in [5.74, 6) is 2.68. The molecular formula is C24H24N4O4S. The lowest BCUT2D eigenvalue weighted by molar-refractivity contribution is -0.118. The first-order chi connectivity index (χ1) is 16.2. The molecule has 0 unspecified atom stereocenters. The van der Waals surface area contributed by atoms with E-state index in [1.807, 2.05) is 59.2 Å². The molecule has 0 fully saturated rings. The zero-order chi connectivity index (χ0) is 23.0. The lowest BCUT2D eigenvalue weighted by Gasteiger charge is -2.10. The van der Waals surface area contributed by atoms with E-state index in [9.17, 15) is 4.79 Å². The number of hydrogen-bond acceptors (Lipinski definition) is 7. The van der Waals surface area contributed by atoms with Crippen molar-refractivity contribution in [2.24, 2.45) is 0 Å². The molecule has 2 heterocycles. The first kappa shape index (κ1) is 22.5. The van der Waals surface area contributed by atoms with Gasteiger partial charge in [-0.2, -0.15) is 0 Å². The molecule has 4 aromatic rings. The van der Waals surface area contributed by atoms with E-state index in [2.05, 4.69) is 15.5 Å². The third-order valence-corrected chi connectivity index (χ3v) is 5.83. The van der Waals surface area contributed by atoms with Crippen molar-refractivity contribution >= 4 is 17.7 Å². The van der Waals surface area contributed by atoms with Crippen molar-refractivity contribution in [2.75, 3.05) is 26.5 Å². The molecule has 170 valence electrons. The largest absolute Gasteiger partial charge is 0.493 e. The maximum atomic E-state index is 12.5. The van der Waals surface area contributed by atoms with E-state index in [-0.39, 0.29) is 11.7 Å². The van der Waals surface area contributed by atoms with Crippen molar-refractivity contribution in [1.82, 2.24) is 20.1 Å². The summed E-state index contributed by atoms with van der Waals surface area (Å²) in [6, 6.07) is 19.1. The Morgan fingerprint density at radius 2 is 1.85 bits per heavy atom. The number of amides is 1. The summed E-state index contributed by atoms with van der Waals surface area (Å²) in [7, 11) is 3.21. The van der Waals surface area contributed by atoms with Crippen LogP contribution in [-0.2, 0) is 11.2 Å². The van der Waals surface area contributed by atoms with E-state index < -0.39 is 0 Å². The number of methoxy groups -OCH3 is 2. The number of rotatable bonds is 10. The van der Waals surface area contributed by atoms with Gasteiger partial charge in [-0.25, -0.2) is 0 Å². The maximum Gasteiger partial charge on any atom is 0.230 e. The standard InChI is InChI=1S/C24H24N4O4S/c1-30-19-11-10-17(15-21(19)31-2)12-13-25-22(29)16-33-24-27-26-23(20-9-6-14-32-20)28(24)18-7-4-3-5-8-18/h3-11,14-15H,12-13,16H2,1-2H3,(H,25,29). The number of thioether (sulfide) groups is 1. The molecule has 33 heavy (non-hydrogen) atoms. The molecule has 2 aromatic carbocycles. The molecule has 0 aliphatic carbocycles. The average Bonchev–Trinajstić information content (AvgIpc) is 3.53. The van der Waals surface area contributed by atoms with Gasteiger partial charge in [-0.3, -0.25) is 9.36 Å². The molecule has 0 radical (unpaired) electrons. The lowest BCUT2D eigenvalue weighted by Crippen LogP contribution is -2.27. The van der Waals surface area contributed by atoms with Crippen LogP contribution in [-0.4, -0.2) is 47.2 Å². The van der Waals surface area contributed by atoms with E-state index >= 15 is 0 Å². The minimum atomic E-state index is -0.0809. The summed E-state index contributed by atoms with van der Waals surface area (Å²) in [5, 5.41) is 12.2. The number of carbonyl (C=O) groups is 1. The predicted molar refractivity (Wildman–Crippen MR) is 126 cm³/mol. The highest BCUT2D eigenvalue weighted by molar-refractivity contribution is 7.99. The molecule has 2 aromatic heterocycles. The summed E-state index contributed by atoms with van der Waals surface area (Å²) < 4.78 is 18.0. The fourth-order valence-electron chi connectivity index (χ4n) is 3.30. The average molecular weight is 465 g/mol. The van der Waals surface area contributed by atoms with Crippen molar-refractivity contribution in [1.29, 1.82) is 0 Å². The smallest absolute Gasteiger partial charge is 0.230 e. The SMILES string of the molecule is COc1ccc(CCNC(=O)CSc2nnc(-c3ccco3)n2-c2ccccc2)cc1OC. The van der Waals surface area contributed by atoms with E-state index in [1.165, 1.54) is 11.8 Å². The second-order valence-electron chi connectivity index (χ2n) is 7.03. The van der Waals surface area contributed by atoms with Crippen LogP contribution in [0.1, 0.15) is 5.56 Å². The molecule has 0 bridgehead atoms. The molecule has 0 aliphatic rings. The van der Waals surface area contributed by atoms with Gasteiger partial charge in [0.2, 0.25) is 11.7 Å².